The van der Waals surface area contributed by atoms with E-state index in [1.165, 1.54) is 0 Å². The van der Waals surface area contributed by atoms with Gasteiger partial charge in [-0.15, -0.1) is 0 Å². The second-order valence-electron chi connectivity index (χ2n) is 2.02. The second kappa shape index (κ2) is 9.82. The molecule has 0 aliphatic heterocycles. The van der Waals surface area contributed by atoms with Gasteiger partial charge in [-0.25, -0.2) is 0 Å². The average molecular weight is 287 g/mol. The van der Waals surface area contributed by atoms with Crippen molar-refractivity contribution in [2.24, 2.45) is 5.73 Å². The molecule has 0 saturated heterocycles. The van der Waals surface area contributed by atoms with Crippen LogP contribution >= 0.6 is 0 Å². The summed E-state index contributed by atoms with van der Waals surface area (Å²) in [5, 5.41) is 16.1. The summed E-state index contributed by atoms with van der Waals surface area (Å²) in [4.78, 5) is 0. The zero-order valence-corrected chi connectivity index (χ0v) is 9.33. The molecule has 0 aromatic rings. The van der Waals surface area contributed by atoms with Crippen LogP contribution in [-0.2, 0) is 20.8 Å². The molecule has 0 atom stereocenters. The fraction of sp³-hybridized carbons (Fsp3) is 1.00. The Labute approximate surface area is 91.7 Å². The molecule has 0 aliphatic carbocycles. The number of rotatable bonds is 2. The maximum atomic E-state index is 8.74. The van der Waals surface area contributed by atoms with Crippen molar-refractivity contribution >= 4 is 20.8 Å². The molecule has 0 amide bonds. The lowest BCUT2D eigenvalue weighted by Crippen LogP contribution is -2.27. The van der Waals surface area contributed by atoms with Crippen LogP contribution in [0.25, 0.3) is 0 Å². The monoisotopic (exact) mass is 287 g/mol. The van der Waals surface area contributed by atoms with Crippen molar-refractivity contribution < 1.29 is 45.3 Å². The molecule has 0 saturated carbocycles. The predicted molar refractivity (Wildman–Crippen MR) is 50.5 cm³/mol. The average Bonchev–Trinajstić information content (AvgIpc) is 1.96. The number of hydrogen-bond donors (Lipinski definition) is 7. The molecular weight excluding hydrogens is 274 g/mol. The number of hydrogen-bond acceptors (Lipinski definition) is 7. The summed E-state index contributed by atoms with van der Waals surface area (Å²) >= 11 is 0. The van der Waals surface area contributed by atoms with Gasteiger partial charge in [-0.2, -0.15) is 16.8 Å². The zero-order valence-electron chi connectivity index (χ0n) is 7.70. The van der Waals surface area contributed by atoms with E-state index in [4.69, 9.17) is 51.0 Å². The number of nitrogens with two attached hydrogens (primary N) is 1. The van der Waals surface area contributed by atoms with Crippen LogP contribution < -0.4 is 5.73 Å². The predicted octanol–water partition coefficient (Wildman–Crippen LogP) is -3.01. The van der Waals surface area contributed by atoms with Crippen LogP contribution in [0.2, 0.25) is 0 Å². The van der Waals surface area contributed by atoms with Crippen molar-refractivity contribution in [1.82, 2.24) is 0 Å². The minimum Gasteiger partial charge on any atom is -0.395 e. The molecule has 8 N–H and O–H groups in total. The summed E-state index contributed by atoms with van der Waals surface area (Å²) in [7, 11) is -9.33. The first kappa shape index (κ1) is 21.0. The minimum absolute atomic E-state index is 0.142. The molecule has 0 spiro atoms. The quantitative estimate of drug-likeness (QED) is 0.254. The lowest BCUT2D eigenvalue weighted by molar-refractivity contribution is 0.194. The molecule has 0 radical (unpaired) electrons. The van der Waals surface area contributed by atoms with Crippen LogP contribution in [0.3, 0.4) is 0 Å². The highest BCUT2D eigenvalue weighted by Crippen LogP contribution is 1.66. The lowest BCUT2D eigenvalue weighted by atomic mass is 10.4. The SMILES string of the molecule is NC(CO)CO.O=S(=O)(O)O.O=S(=O)(O)O. The van der Waals surface area contributed by atoms with E-state index < -0.39 is 26.8 Å². The topological polar surface area (TPSA) is 216 Å². The van der Waals surface area contributed by atoms with Gasteiger partial charge >= 0.3 is 20.8 Å². The van der Waals surface area contributed by atoms with Gasteiger partial charge in [-0.05, 0) is 0 Å². The molecule has 0 rings (SSSR count). The maximum absolute atomic E-state index is 8.74. The third kappa shape index (κ3) is 166. The Hall–Kier alpha value is -0.380. The fourth-order valence-corrected chi connectivity index (χ4v) is 0.0577. The highest BCUT2D eigenvalue weighted by molar-refractivity contribution is 7.80. The summed E-state index contributed by atoms with van der Waals surface area (Å²) in [5.41, 5.74) is 4.97. The molecular formula is C3H13NO10S2. The van der Waals surface area contributed by atoms with E-state index in [9.17, 15) is 0 Å². The van der Waals surface area contributed by atoms with Crippen LogP contribution in [0.1, 0.15) is 0 Å². The van der Waals surface area contributed by atoms with Crippen LogP contribution in [0.5, 0.6) is 0 Å². The highest BCUT2D eigenvalue weighted by Gasteiger charge is 1.91. The summed E-state index contributed by atoms with van der Waals surface area (Å²) in [6.45, 7) is -0.285. The molecule has 11 nitrogen and oxygen atoms in total. The van der Waals surface area contributed by atoms with Crippen LogP contribution in [0, 0.1) is 0 Å². The van der Waals surface area contributed by atoms with Crippen molar-refractivity contribution in [1.29, 1.82) is 0 Å². The summed E-state index contributed by atoms with van der Waals surface area (Å²) < 4.78 is 63.2. The zero-order chi connectivity index (χ0) is 14.0. The van der Waals surface area contributed by atoms with Crippen molar-refractivity contribution in [2.45, 2.75) is 6.04 Å². The van der Waals surface area contributed by atoms with Crippen LogP contribution in [0.15, 0.2) is 0 Å². The first-order chi connectivity index (χ1) is 6.81. The largest absolute Gasteiger partial charge is 0.395 e. The highest BCUT2D eigenvalue weighted by atomic mass is 32.3. The van der Waals surface area contributed by atoms with Crippen molar-refractivity contribution in [2.75, 3.05) is 13.2 Å². The lowest BCUT2D eigenvalue weighted by Gasteiger charge is -1.98. The van der Waals surface area contributed by atoms with Gasteiger partial charge in [0.05, 0.1) is 19.3 Å². The fourth-order valence-electron chi connectivity index (χ4n) is 0.0577. The van der Waals surface area contributed by atoms with Crippen molar-refractivity contribution in [3.8, 4) is 0 Å². The number of aliphatic hydroxyl groups excluding tert-OH is 2. The van der Waals surface area contributed by atoms with Crippen LogP contribution in [-0.4, -0.2) is 64.5 Å². The Balaban J connectivity index is -0.000000160. The second-order valence-corrected chi connectivity index (χ2v) is 3.81. The molecule has 0 aliphatic rings. The molecule has 16 heavy (non-hydrogen) atoms. The van der Waals surface area contributed by atoms with Gasteiger partial charge in [0.1, 0.15) is 0 Å². The summed E-state index contributed by atoms with van der Waals surface area (Å²) in [5.74, 6) is 0. The molecule has 0 aromatic carbocycles. The van der Waals surface area contributed by atoms with Gasteiger partial charge in [0.25, 0.3) is 0 Å². The third-order valence-electron chi connectivity index (χ3n) is 0.469. The summed E-state index contributed by atoms with van der Waals surface area (Å²) in [6, 6.07) is -0.454. The Morgan fingerprint density at radius 1 is 0.812 bits per heavy atom. The van der Waals surface area contributed by atoms with E-state index in [0.717, 1.165) is 0 Å². The van der Waals surface area contributed by atoms with E-state index in [0.29, 0.717) is 0 Å². The number of aliphatic hydroxyl groups is 2. The van der Waals surface area contributed by atoms with Gasteiger partial charge in [-0.3, -0.25) is 18.2 Å². The third-order valence-corrected chi connectivity index (χ3v) is 0.469. The van der Waals surface area contributed by atoms with Gasteiger partial charge in [0.2, 0.25) is 0 Å². The van der Waals surface area contributed by atoms with Crippen LogP contribution in [0.4, 0.5) is 0 Å². The van der Waals surface area contributed by atoms with E-state index in [2.05, 4.69) is 0 Å². The molecule has 0 bridgehead atoms. The Morgan fingerprint density at radius 3 is 0.938 bits per heavy atom. The first-order valence-electron chi connectivity index (χ1n) is 3.18. The Kier molecular flexibility index (Phi) is 12.9. The molecule has 0 aromatic heterocycles. The van der Waals surface area contributed by atoms with E-state index >= 15 is 0 Å². The Morgan fingerprint density at radius 2 is 0.938 bits per heavy atom. The molecule has 0 fully saturated rings. The molecule has 0 unspecified atom stereocenters. The first-order valence-corrected chi connectivity index (χ1v) is 5.97. The standard InChI is InChI=1S/C3H9NO2.2H2O4S/c4-3(1-5)2-6;2*1-5(2,3)4/h3,5-6H,1-2,4H2;2*(H2,1,2,3,4). The van der Waals surface area contributed by atoms with E-state index in [1.807, 2.05) is 0 Å². The van der Waals surface area contributed by atoms with Gasteiger partial charge in [0.15, 0.2) is 0 Å². The van der Waals surface area contributed by atoms with E-state index in [-0.39, 0.29) is 13.2 Å². The maximum Gasteiger partial charge on any atom is 0.394 e. The molecule has 0 heterocycles. The molecule has 102 valence electrons. The molecule has 13 heteroatoms. The van der Waals surface area contributed by atoms with Crippen molar-refractivity contribution in [3.05, 3.63) is 0 Å². The summed E-state index contributed by atoms with van der Waals surface area (Å²) in [6.07, 6.45) is 0. The Bertz CT molecular complexity index is 281. The van der Waals surface area contributed by atoms with E-state index in [1.54, 1.807) is 0 Å². The smallest absolute Gasteiger partial charge is 0.394 e. The minimum atomic E-state index is -4.67. The normalized spacial score (nSPS) is 11.0. The van der Waals surface area contributed by atoms with Gasteiger partial charge < -0.3 is 15.9 Å². The van der Waals surface area contributed by atoms with Gasteiger partial charge in [0, 0.05) is 0 Å². The van der Waals surface area contributed by atoms with Crippen molar-refractivity contribution in [3.63, 3.8) is 0 Å². The van der Waals surface area contributed by atoms with Gasteiger partial charge in [-0.1, -0.05) is 0 Å².